The number of aromatic nitrogens is 3. The number of benzene rings is 1. The Morgan fingerprint density at radius 1 is 1.21 bits per heavy atom. The molecule has 1 atom stereocenters. The van der Waals surface area contributed by atoms with Crippen LogP contribution in [0.2, 0.25) is 5.02 Å². The Hall–Kier alpha value is -1.77. The van der Waals surface area contributed by atoms with Crippen LogP contribution in [0, 0.1) is 5.92 Å². The first kappa shape index (κ1) is 21.0. The first-order valence-corrected chi connectivity index (χ1v) is 10.7. The maximum Gasteiger partial charge on any atom is 0.237 e. The van der Waals surface area contributed by atoms with Gasteiger partial charge < -0.3 is 15.0 Å². The van der Waals surface area contributed by atoms with Gasteiger partial charge >= 0.3 is 0 Å². The highest BCUT2D eigenvalue weighted by Gasteiger charge is 2.24. The van der Waals surface area contributed by atoms with Crippen LogP contribution in [0.5, 0.6) is 0 Å². The fourth-order valence-electron chi connectivity index (χ4n) is 2.88. The molecule has 1 unspecified atom stereocenters. The minimum atomic E-state index is -0.316. The molecule has 7 nitrogen and oxygen atoms in total. The summed E-state index contributed by atoms with van der Waals surface area (Å²) in [7, 11) is 0. The Morgan fingerprint density at radius 2 is 1.89 bits per heavy atom. The number of amides is 1. The van der Waals surface area contributed by atoms with Crippen LogP contribution in [0.25, 0.3) is 0 Å². The molecule has 1 saturated heterocycles. The van der Waals surface area contributed by atoms with Crippen LogP contribution in [0.3, 0.4) is 0 Å². The predicted molar refractivity (Wildman–Crippen MR) is 113 cm³/mol. The van der Waals surface area contributed by atoms with Gasteiger partial charge in [0.2, 0.25) is 11.9 Å². The topological polar surface area (TPSA) is 72.3 Å². The number of hydrogen-bond acceptors (Lipinski definition) is 6. The van der Waals surface area contributed by atoms with Crippen molar-refractivity contribution in [2.45, 2.75) is 37.7 Å². The lowest BCUT2D eigenvalue weighted by molar-refractivity contribution is -0.115. The van der Waals surface area contributed by atoms with Crippen LogP contribution in [0.1, 0.15) is 20.8 Å². The molecule has 1 N–H and O–H groups in total. The number of thioether (sulfide) groups is 1. The van der Waals surface area contributed by atoms with Crippen LogP contribution in [-0.2, 0) is 16.1 Å². The van der Waals surface area contributed by atoms with E-state index >= 15 is 0 Å². The highest BCUT2D eigenvalue weighted by atomic mass is 35.5. The maximum absolute atomic E-state index is 12.6. The van der Waals surface area contributed by atoms with Crippen molar-refractivity contribution in [1.29, 1.82) is 0 Å². The van der Waals surface area contributed by atoms with Crippen molar-refractivity contribution in [1.82, 2.24) is 14.8 Å². The number of ether oxygens (including phenoxy) is 1. The van der Waals surface area contributed by atoms with Crippen LogP contribution in [0.15, 0.2) is 29.4 Å². The lowest BCUT2D eigenvalue weighted by atomic mass is 10.2. The molecular formula is C19H26ClN5O2S. The first-order chi connectivity index (χ1) is 13.4. The van der Waals surface area contributed by atoms with E-state index in [4.69, 9.17) is 16.3 Å². The highest BCUT2D eigenvalue weighted by Crippen LogP contribution is 2.28. The monoisotopic (exact) mass is 423 g/mol. The Balaban J connectivity index is 1.71. The number of morpholine rings is 1. The van der Waals surface area contributed by atoms with Gasteiger partial charge in [-0.3, -0.25) is 9.36 Å². The molecule has 152 valence electrons. The van der Waals surface area contributed by atoms with E-state index in [0.29, 0.717) is 24.2 Å². The zero-order valence-electron chi connectivity index (χ0n) is 16.4. The molecule has 0 spiro atoms. The van der Waals surface area contributed by atoms with Crippen LogP contribution < -0.4 is 10.2 Å². The van der Waals surface area contributed by atoms with Gasteiger partial charge in [-0.1, -0.05) is 37.2 Å². The molecule has 0 radical (unpaired) electrons. The van der Waals surface area contributed by atoms with E-state index in [-0.39, 0.29) is 11.2 Å². The van der Waals surface area contributed by atoms with E-state index in [1.54, 1.807) is 24.3 Å². The third-order valence-electron chi connectivity index (χ3n) is 4.30. The maximum atomic E-state index is 12.6. The SMILES string of the molecule is CC(C)Cn1c(SC(C)C(=O)Nc2ccc(Cl)cc2)nnc1N1CCOCC1. The first-order valence-electron chi connectivity index (χ1n) is 9.43. The van der Waals surface area contributed by atoms with Gasteiger partial charge in [0.05, 0.1) is 18.5 Å². The van der Waals surface area contributed by atoms with E-state index in [1.807, 2.05) is 6.92 Å². The minimum absolute atomic E-state index is 0.0839. The number of anilines is 2. The Kier molecular flexibility index (Phi) is 7.20. The molecule has 1 aromatic heterocycles. The Labute approximate surface area is 174 Å². The highest BCUT2D eigenvalue weighted by molar-refractivity contribution is 8.00. The number of nitrogens with one attached hydrogen (secondary N) is 1. The van der Waals surface area contributed by atoms with Crippen molar-refractivity contribution in [3.63, 3.8) is 0 Å². The van der Waals surface area contributed by atoms with Gasteiger partial charge in [-0.25, -0.2) is 0 Å². The molecule has 9 heteroatoms. The lowest BCUT2D eigenvalue weighted by Gasteiger charge is -2.28. The van der Waals surface area contributed by atoms with Crippen molar-refractivity contribution in [3.8, 4) is 0 Å². The largest absolute Gasteiger partial charge is 0.378 e. The third kappa shape index (κ3) is 5.40. The van der Waals surface area contributed by atoms with E-state index in [9.17, 15) is 4.79 Å². The van der Waals surface area contributed by atoms with Gasteiger partial charge in [-0.15, -0.1) is 10.2 Å². The number of carbonyl (C=O) groups excluding carboxylic acids is 1. The zero-order chi connectivity index (χ0) is 20.1. The summed E-state index contributed by atoms with van der Waals surface area (Å²) in [6, 6.07) is 7.08. The average molecular weight is 424 g/mol. The average Bonchev–Trinajstić information content (AvgIpc) is 3.06. The normalized spacial score (nSPS) is 15.7. The second kappa shape index (κ2) is 9.62. The van der Waals surface area contributed by atoms with E-state index in [0.717, 1.165) is 36.4 Å². The molecule has 3 rings (SSSR count). The van der Waals surface area contributed by atoms with Gasteiger partial charge in [0.1, 0.15) is 0 Å². The van der Waals surface area contributed by atoms with Gasteiger partial charge in [-0.2, -0.15) is 0 Å². The number of rotatable bonds is 7. The third-order valence-corrected chi connectivity index (χ3v) is 5.63. The molecule has 28 heavy (non-hydrogen) atoms. The fraction of sp³-hybridized carbons (Fsp3) is 0.526. The van der Waals surface area contributed by atoms with Crippen molar-refractivity contribution in [2.75, 3.05) is 36.5 Å². The van der Waals surface area contributed by atoms with Gasteiger partial charge in [0.15, 0.2) is 5.16 Å². The summed E-state index contributed by atoms with van der Waals surface area (Å²) in [4.78, 5) is 14.8. The fourth-order valence-corrected chi connectivity index (χ4v) is 3.86. The smallest absolute Gasteiger partial charge is 0.237 e. The van der Waals surface area contributed by atoms with Crippen molar-refractivity contribution in [3.05, 3.63) is 29.3 Å². The van der Waals surface area contributed by atoms with E-state index < -0.39 is 0 Å². The van der Waals surface area contributed by atoms with Crippen LogP contribution in [-0.4, -0.2) is 52.2 Å². The van der Waals surface area contributed by atoms with E-state index in [1.165, 1.54) is 11.8 Å². The number of hydrogen-bond donors (Lipinski definition) is 1. The van der Waals surface area contributed by atoms with Gasteiger partial charge in [0, 0.05) is 30.3 Å². The second-order valence-electron chi connectivity index (χ2n) is 7.14. The molecule has 2 aromatic rings. The summed E-state index contributed by atoms with van der Waals surface area (Å²) in [5, 5.41) is 12.8. The van der Waals surface area contributed by atoms with Crippen molar-refractivity contribution >= 4 is 40.9 Å². The van der Waals surface area contributed by atoms with Crippen molar-refractivity contribution in [2.24, 2.45) is 5.92 Å². The summed E-state index contributed by atoms with van der Waals surface area (Å²) in [6.45, 7) is 9.98. The molecule has 0 saturated carbocycles. The molecule has 1 fully saturated rings. The summed E-state index contributed by atoms with van der Waals surface area (Å²) in [5.41, 5.74) is 0.722. The van der Waals surface area contributed by atoms with Gasteiger partial charge in [-0.05, 0) is 37.1 Å². The number of carbonyl (C=O) groups is 1. The van der Waals surface area contributed by atoms with Crippen LogP contribution >= 0.6 is 23.4 Å². The molecule has 1 aromatic carbocycles. The van der Waals surface area contributed by atoms with Gasteiger partial charge in [0.25, 0.3) is 0 Å². The molecule has 1 amide bonds. The van der Waals surface area contributed by atoms with Crippen molar-refractivity contribution < 1.29 is 9.53 Å². The predicted octanol–water partition coefficient (Wildman–Crippen LogP) is 3.54. The standard InChI is InChI=1S/C19H26ClN5O2S/c1-13(2)12-25-18(24-8-10-27-11-9-24)22-23-19(25)28-14(3)17(26)21-16-6-4-15(20)5-7-16/h4-7,13-14H,8-12H2,1-3H3,(H,21,26). The Morgan fingerprint density at radius 3 is 2.54 bits per heavy atom. The second-order valence-corrected chi connectivity index (χ2v) is 8.89. The molecule has 0 bridgehead atoms. The minimum Gasteiger partial charge on any atom is -0.378 e. The molecular weight excluding hydrogens is 398 g/mol. The zero-order valence-corrected chi connectivity index (χ0v) is 18.0. The molecule has 2 heterocycles. The summed E-state index contributed by atoms with van der Waals surface area (Å²) in [5.74, 6) is 1.21. The van der Waals surface area contributed by atoms with E-state index in [2.05, 4.69) is 38.8 Å². The Bertz CT molecular complexity index is 790. The number of nitrogens with zero attached hydrogens (tertiary/aromatic N) is 4. The molecule has 1 aliphatic rings. The summed E-state index contributed by atoms with van der Waals surface area (Å²) >= 11 is 7.32. The molecule has 1 aliphatic heterocycles. The number of halogens is 1. The molecule has 0 aliphatic carbocycles. The summed E-state index contributed by atoms with van der Waals surface area (Å²) in [6.07, 6.45) is 0. The summed E-state index contributed by atoms with van der Waals surface area (Å²) < 4.78 is 7.56. The quantitative estimate of drug-likeness (QED) is 0.686. The van der Waals surface area contributed by atoms with Crippen LogP contribution in [0.4, 0.5) is 11.6 Å². The lowest BCUT2D eigenvalue weighted by Crippen LogP contribution is -2.38.